The zero-order chi connectivity index (χ0) is 17.9. The second kappa shape index (κ2) is 7.47. The Morgan fingerprint density at radius 3 is 2.46 bits per heavy atom. The van der Waals surface area contributed by atoms with Gasteiger partial charge in [-0.15, -0.1) is 0 Å². The molecule has 2 fully saturated rings. The number of carbonyl (C=O) groups is 1. The van der Waals surface area contributed by atoms with E-state index < -0.39 is 0 Å². The molecule has 0 radical (unpaired) electrons. The molecule has 0 N–H and O–H groups in total. The molecule has 26 heavy (non-hydrogen) atoms. The van der Waals surface area contributed by atoms with Gasteiger partial charge < -0.3 is 19.1 Å². The van der Waals surface area contributed by atoms with Crippen LogP contribution in [0.25, 0.3) is 5.69 Å². The minimum atomic E-state index is -0.0958. The fourth-order valence-electron chi connectivity index (χ4n) is 3.50. The molecule has 0 aliphatic carbocycles. The van der Waals surface area contributed by atoms with Gasteiger partial charge in [-0.05, 0) is 43.2 Å². The third-order valence-corrected chi connectivity index (χ3v) is 5.00. The average molecular weight is 357 g/mol. The number of carbonyl (C=O) groups excluding carboxylic acids is 1. The highest BCUT2D eigenvalue weighted by Crippen LogP contribution is 2.26. The number of hydrogen-bond acceptors (Lipinski definition) is 5. The Kier molecular flexibility index (Phi) is 4.90. The van der Waals surface area contributed by atoms with E-state index in [1.807, 2.05) is 35.4 Å². The van der Waals surface area contributed by atoms with Crippen LogP contribution in [-0.2, 0) is 9.47 Å². The summed E-state index contributed by atoms with van der Waals surface area (Å²) in [7, 11) is 1.63. The number of amides is 1. The third-order valence-electron chi connectivity index (χ3n) is 5.00. The third kappa shape index (κ3) is 3.45. The van der Waals surface area contributed by atoms with E-state index in [2.05, 4.69) is 5.10 Å². The van der Waals surface area contributed by atoms with E-state index in [0.717, 1.165) is 24.3 Å². The van der Waals surface area contributed by atoms with Crippen LogP contribution in [0.3, 0.4) is 0 Å². The predicted molar refractivity (Wildman–Crippen MR) is 94.4 cm³/mol. The number of likely N-dealkylation sites (tertiary alicyclic amines) is 1. The maximum Gasteiger partial charge on any atom is 0.274 e. The molecule has 2 aliphatic rings. The molecule has 1 aromatic heterocycles. The van der Waals surface area contributed by atoms with Crippen molar-refractivity contribution in [3.63, 3.8) is 0 Å². The number of hydrogen-bond donors (Lipinski definition) is 0. The first kappa shape index (κ1) is 17.1. The highest BCUT2D eigenvalue weighted by molar-refractivity contribution is 5.92. The van der Waals surface area contributed by atoms with Crippen molar-refractivity contribution < 1.29 is 19.0 Å². The van der Waals surface area contributed by atoms with Crippen LogP contribution in [0.4, 0.5) is 0 Å². The largest absolute Gasteiger partial charge is 0.497 e. The van der Waals surface area contributed by atoms with E-state index in [4.69, 9.17) is 14.2 Å². The minimum absolute atomic E-state index is 0.0241. The van der Waals surface area contributed by atoms with Gasteiger partial charge in [0.25, 0.3) is 5.91 Å². The smallest absolute Gasteiger partial charge is 0.274 e. The lowest BCUT2D eigenvalue weighted by Crippen LogP contribution is -2.41. The number of benzene rings is 1. The highest BCUT2D eigenvalue weighted by atomic mass is 16.7. The van der Waals surface area contributed by atoms with E-state index in [1.54, 1.807) is 17.9 Å². The van der Waals surface area contributed by atoms with Crippen molar-refractivity contribution in [1.82, 2.24) is 14.7 Å². The van der Waals surface area contributed by atoms with Crippen LogP contribution in [0.1, 0.15) is 23.3 Å². The van der Waals surface area contributed by atoms with Gasteiger partial charge in [0.1, 0.15) is 5.75 Å². The normalized spacial score (nSPS) is 19.0. The zero-order valence-electron chi connectivity index (χ0n) is 14.8. The molecule has 3 heterocycles. The number of piperidine rings is 1. The Balaban J connectivity index is 1.38. The standard InChI is InChI=1S/C19H23N3O4/c1-24-16-4-2-15(3-5-16)22-11-8-17(20-22)18(23)21-9-6-14(7-10-21)19-25-12-13-26-19/h2-5,8,11,14,19H,6-7,9-10,12-13H2,1H3. The first-order valence-corrected chi connectivity index (χ1v) is 8.97. The molecule has 0 spiro atoms. The van der Waals surface area contributed by atoms with Crippen LogP contribution in [0.5, 0.6) is 5.75 Å². The van der Waals surface area contributed by atoms with Crippen molar-refractivity contribution in [2.75, 3.05) is 33.4 Å². The molecule has 7 heteroatoms. The molecule has 7 nitrogen and oxygen atoms in total. The van der Waals surface area contributed by atoms with Crippen molar-refractivity contribution in [3.8, 4) is 11.4 Å². The van der Waals surface area contributed by atoms with Gasteiger partial charge in [0, 0.05) is 25.2 Å². The van der Waals surface area contributed by atoms with Crippen molar-refractivity contribution in [2.45, 2.75) is 19.1 Å². The molecule has 2 saturated heterocycles. The number of methoxy groups -OCH3 is 1. The van der Waals surface area contributed by atoms with Gasteiger partial charge in [0.2, 0.25) is 0 Å². The summed E-state index contributed by atoms with van der Waals surface area (Å²) < 4.78 is 18.1. The lowest BCUT2D eigenvalue weighted by Gasteiger charge is -2.33. The fraction of sp³-hybridized carbons (Fsp3) is 0.474. The summed E-state index contributed by atoms with van der Waals surface area (Å²) in [6.07, 6.45) is 3.51. The van der Waals surface area contributed by atoms with Crippen LogP contribution in [-0.4, -0.2) is 60.3 Å². The fourth-order valence-corrected chi connectivity index (χ4v) is 3.50. The SMILES string of the molecule is COc1ccc(-n2ccc(C(=O)N3CCC(C4OCCO4)CC3)n2)cc1. The molecular formula is C19H23N3O4. The summed E-state index contributed by atoms with van der Waals surface area (Å²) in [6, 6.07) is 9.33. The van der Waals surface area contributed by atoms with Gasteiger partial charge in [0.05, 0.1) is 26.0 Å². The van der Waals surface area contributed by atoms with E-state index in [0.29, 0.717) is 37.9 Å². The summed E-state index contributed by atoms with van der Waals surface area (Å²) in [5.41, 5.74) is 1.35. The van der Waals surface area contributed by atoms with Crippen LogP contribution in [0.2, 0.25) is 0 Å². The summed E-state index contributed by atoms with van der Waals surface area (Å²) in [5, 5.41) is 4.44. The molecule has 0 atom stereocenters. The monoisotopic (exact) mass is 357 g/mol. The van der Waals surface area contributed by atoms with Crippen LogP contribution in [0.15, 0.2) is 36.5 Å². The average Bonchev–Trinajstić information content (AvgIpc) is 3.40. The molecule has 1 aromatic carbocycles. The molecule has 0 saturated carbocycles. The molecule has 4 rings (SSSR count). The Labute approximate surface area is 152 Å². The molecule has 0 unspecified atom stereocenters. The lowest BCUT2D eigenvalue weighted by atomic mass is 9.96. The molecule has 2 aliphatic heterocycles. The van der Waals surface area contributed by atoms with Crippen molar-refractivity contribution >= 4 is 5.91 Å². The lowest BCUT2D eigenvalue weighted by molar-refractivity contribution is -0.0956. The maximum atomic E-state index is 12.7. The minimum Gasteiger partial charge on any atom is -0.497 e. The predicted octanol–water partition coefficient (Wildman–Crippen LogP) is 2.11. The Morgan fingerprint density at radius 2 is 1.81 bits per heavy atom. The highest BCUT2D eigenvalue weighted by Gasteiger charge is 2.32. The van der Waals surface area contributed by atoms with Gasteiger partial charge in [0.15, 0.2) is 12.0 Å². The van der Waals surface area contributed by atoms with Crippen molar-refractivity contribution in [2.24, 2.45) is 5.92 Å². The van der Waals surface area contributed by atoms with Gasteiger partial charge in [-0.1, -0.05) is 0 Å². The number of aromatic nitrogens is 2. The Hall–Kier alpha value is -2.38. The Morgan fingerprint density at radius 1 is 1.12 bits per heavy atom. The molecule has 0 bridgehead atoms. The number of nitrogens with zero attached hydrogens (tertiary/aromatic N) is 3. The summed E-state index contributed by atoms with van der Waals surface area (Å²) in [6.45, 7) is 2.77. The summed E-state index contributed by atoms with van der Waals surface area (Å²) >= 11 is 0. The van der Waals surface area contributed by atoms with Gasteiger partial charge in [-0.3, -0.25) is 4.79 Å². The van der Waals surface area contributed by atoms with E-state index in [1.165, 1.54) is 0 Å². The summed E-state index contributed by atoms with van der Waals surface area (Å²) in [4.78, 5) is 14.6. The van der Waals surface area contributed by atoms with E-state index >= 15 is 0 Å². The van der Waals surface area contributed by atoms with Gasteiger partial charge in [-0.2, -0.15) is 5.10 Å². The topological polar surface area (TPSA) is 65.8 Å². The van der Waals surface area contributed by atoms with Crippen molar-refractivity contribution in [3.05, 3.63) is 42.2 Å². The quantitative estimate of drug-likeness (QED) is 0.838. The van der Waals surface area contributed by atoms with Crippen LogP contribution >= 0.6 is 0 Å². The van der Waals surface area contributed by atoms with E-state index in [9.17, 15) is 4.79 Å². The molecule has 1 amide bonds. The van der Waals surface area contributed by atoms with Crippen molar-refractivity contribution in [1.29, 1.82) is 0 Å². The molecular weight excluding hydrogens is 334 g/mol. The number of rotatable bonds is 4. The second-order valence-corrected chi connectivity index (χ2v) is 6.58. The van der Waals surface area contributed by atoms with Gasteiger partial charge in [-0.25, -0.2) is 4.68 Å². The molecule has 2 aromatic rings. The number of ether oxygens (including phenoxy) is 3. The second-order valence-electron chi connectivity index (χ2n) is 6.58. The first-order valence-electron chi connectivity index (χ1n) is 8.97. The maximum absolute atomic E-state index is 12.7. The zero-order valence-corrected chi connectivity index (χ0v) is 14.8. The van der Waals surface area contributed by atoms with Crippen LogP contribution < -0.4 is 4.74 Å². The van der Waals surface area contributed by atoms with E-state index in [-0.39, 0.29) is 12.2 Å². The molecule has 138 valence electrons. The summed E-state index contributed by atoms with van der Waals surface area (Å²) in [5.74, 6) is 1.14. The van der Waals surface area contributed by atoms with Crippen LogP contribution in [0, 0.1) is 5.92 Å². The van der Waals surface area contributed by atoms with Gasteiger partial charge >= 0.3 is 0 Å². The Bertz CT molecular complexity index is 744. The first-order chi connectivity index (χ1) is 12.7.